The molecule has 1 N–H and O–H groups in total. The van der Waals surface area contributed by atoms with Gasteiger partial charge in [0.15, 0.2) is 0 Å². The minimum absolute atomic E-state index is 0. The van der Waals surface area contributed by atoms with Gasteiger partial charge in [-0.1, -0.05) is 6.07 Å². The van der Waals surface area contributed by atoms with Gasteiger partial charge in [-0.2, -0.15) is 5.26 Å². The Balaban J connectivity index is 0.00000161. The summed E-state index contributed by atoms with van der Waals surface area (Å²) < 4.78 is 5.28. The molecule has 1 unspecified atom stereocenters. The summed E-state index contributed by atoms with van der Waals surface area (Å²) in [6, 6.07) is 8.06. The minimum Gasteiger partial charge on any atom is -0.495 e. The van der Waals surface area contributed by atoms with Crippen molar-refractivity contribution >= 4 is 12.4 Å². The van der Waals surface area contributed by atoms with Crippen LogP contribution in [0.2, 0.25) is 0 Å². The first-order chi connectivity index (χ1) is 9.74. The third-order valence-electron chi connectivity index (χ3n) is 4.64. The molecule has 0 aromatic heterocycles. The Bertz CT molecular complexity index is 535. The van der Waals surface area contributed by atoms with Crippen LogP contribution in [0.5, 0.6) is 5.75 Å². The molecular formula is C16H22ClN3O. The number of ether oxygens (including phenoxy) is 1. The highest BCUT2D eigenvalue weighted by atomic mass is 35.5. The van der Waals surface area contributed by atoms with Crippen molar-refractivity contribution in [2.75, 3.05) is 33.3 Å². The Kier molecular flexibility index (Phi) is 5.10. The Morgan fingerprint density at radius 3 is 2.95 bits per heavy atom. The summed E-state index contributed by atoms with van der Waals surface area (Å²) in [7, 11) is 1.62. The molecule has 0 radical (unpaired) electrons. The monoisotopic (exact) mass is 307 g/mol. The van der Waals surface area contributed by atoms with E-state index in [0.29, 0.717) is 16.7 Å². The first-order valence-corrected chi connectivity index (χ1v) is 7.25. The van der Waals surface area contributed by atoms with E-state index in [1.807, 2.05) is 18.2 Å². The van der Waals surface area contributed by atoms with Crippen LogP contribution in [-0.4, -0.2) is 38.2 Å². The van der Waals surface area contributed by atoms with Crippen LogP contribution < -0.4 is 10.1 Å². The van der Waals surface area contributed by atoms with Gasteiger partial charge in [0.2, 0.25) is 0 Å². The molecule has 2 heterocycles. The SMILES string of the molecule is COc1cc(CN2CCC3(CCNC3)C2)ccc1C#N.Cl. The van der Waals surface area contributed by atoms with Crippen molar-refractivity contribution in [1.82, 2.24) is 10.2 Å². The second-order valence-electron chi connectivity index (χ2n) is 6.03. The van der Waals surface area contributed by atoms with Crippen LogP contribution >= 0.6 is 12.4 Å². The van der Waals surface area contributed by atoms with E-state index in [2.05, 4.69) is 16.3 Å². The molecule has 2 saturated heterocycles. The van der Waals surface area contributed by atoms with Crippen molar-refractivity contribution < 1.29 is 4.74 Å². The smallest absolute Gasteiger partial charge is 0.136 e. The second kappa shape index (κ2) is 6.65. The van der Waals surface area contributed by atoms with Crippen LogP contribution in [0, 0.1) is 16.7 Å². The van der Waals surface area contributed by atoms with Crippen molar-refractivity contribution in [2.24, 2.45) is 5.41 Å². The third kappa shape index (κ3) is 3.32. The lowest BCUT2D eigenvalue weighted by Crippen LogP contribution is -2.28. The summed E-state index contributed by atoms with van der Waals surface area (Å²) >= 11 is 0. The van der Waals surface area contributed by atoms with E-state index in [1.165, 1.54) is 44.6 Å². The lowest BCUT2D eigenvalue weighted by molar-refractivity contribution is 0.268. The van der Waals surface area contributed by atoms with Gasteiger partial charge in [-0.3, -0.25) is 4.90 Å². The number of hydrogen-bond donors (Lipinski definition) is 1. The van der Waals surface area contributed by atoms with Gasteiger partial charge in [-0.05, 0) is 49.0 Å². The largest absolute Gasteiger partial charge is 0.495 e. The van der Waals surface area contributed by atoms with Crippen molar-refractivity contribution in [1.29, 1.82) is 5.26 Å². The lowest BCUT2D eigenvalue weighted by atomic mass is 9.86. The van der Waals surface area contributed by atoms with Crippen molar-refractivity contribution in [3.63, 3.8) is 0 Å². The molecule has 4 nitrogen and oxygen atoms in total. The van der Waals surface area contributed by atoms with E-state index in [4.69, 9.17) is 10.00 Å². The highest BCUT2D eigenvalue weighted by Gasteiger charge is 2.39. The first kappa shape index (κ1) is 16.1. The Morgan fingerprint density at radius 2 is 2.29 bits per heavy atom. The Labute approximate surface area is 132 Å². The number of likely N-dealkylation sites (tertiary alicyclic amines) is 1. The van der Waals surface area contributed by atoms with Crippen LogP contribution in [0.3, 0.4) is 0 Å². The predicted octanol–water partition coefficient (Wildman–Crippen LogP) is 2.17. The van der Waals surface area contributed by atoms with Crippen LogP contribution in [0.4, 0.5) is 0 Å². The molecule has 2 aliphatic rings. The predicted molar refractivity (Wildman–Crippen MR) is 84.8 cm³/mol. The molecular weight excluding hydrogens is 286 g/mol. The molecule has 21 heavy (non-hydrogen) atoms. The Hall–Kier alpha value is -1.28. The fourth-order valence-corrected chi connectivity index (χ4v) is 3.49. The number of hydrogen-bond acceptors (Lipinski definition) is 4. The summed E-state index contributed by atoms with van der Waals surface area (Å²) in [6.45, 7) is 5.63. The number of benzene rings is 1. The molecule has 5 heteroatoms. The molecule has 2 aliphatic heterocycles. The maximum Gasteiger partial charge on any atom is 0.136 e. The molecule has 0 saturated carbocycles. The van der Waals surface area contributed by atoms with Gasteiger partial charge in [0.25, 0.3) is 0 Å². The molecule has 1 aromatic carbocycles. The van der Waals surface area contributed by atoms with Gasteiger partial charge in [0.1, 0.15) is 11.8 Å². The van der Waals surface area contributed by atoms with Gasteiger partial charge < -0.3 is 10.1 Å². The summed E-state index contributed by atoms with van der Waals surface area (Å²) in [6.07, 6.45) is 2.60. The fraction of sp³-hybridized carbons (Fsp3) is 0.562. The molecule has 1 atom stereocenters. The number of halogens is 1. The summed E-state index contributed by atoms with van der Waals surface area (Å²) in [5, 5.41) is 12.5. The van der Waals surface area contributed by atoms with E-state index in [9.17, 15) is 0 Å². The highest BCUT2D eigenvalue weighted by molar-refractivity contribution is 5.85. The zero-order chi connectivity index (χ0) is 14.0. The highest BCUT2D eigenvalue weighted by Crippen LogP contribution is 2.36. The van der Waals surface area contributed by atoms with Crippen LogP contribution in [0.1, 0.15) is 24.0 Å². The number of nitriles is 1. The summed E-state index contributed by atoms with van der Waals surface area (Å²) in [4.78, 5) is 2.52. The van der Waals surface area contributed by atoms with Gasteiger partial charge in [-0.25, -0.2) is 0 Å². The van der Waals surface area contributed by atoms with E-state index in [1.54, 1.807) is 7.11 Å². The maximum absolute atomic E-state index is 9.02. The van der Waals surface area contributed by atoms with Gasteiger partial charge in [0.05, 0.1) is 12.7 Å². The number of nitrogens with zero attached hydrogens (tertiary/aromatic N) is 2. The van der Waals surface area contributed by atoms with Crippen molar-refractivity contribution in [3.05, 3.63) is 29.3 Å². The average Bonchev–Trinajstić information content (AvgIpc) is 3.09. The number of rotatable bonds is 3. The second-order valence-corrected chi connectivity index (χ2v) is 6.03. The summed E-state index contributed by atoms with van der Waals surface area (Å²) in [5.74, 6) is 0.682. The van der Waals surface area contributed by atoms with Gasteiger partial charge >= 0.3 is 0 Å². The van der Waals surface area contributed by atoms with Gasteiger partial charge in [-0.15, -0.1) is 12.4 Å². The fourth-order valence-electron chi connectivity index (χ4n) is 3.49. The molecule has 114 valence electrons. The maximum atomic E-state index is 9.02. The molecule has 0 bridgehead atoms. The summed E-state index contributed by atoms with van der Waals surface area (Å²) in [5.41, 5.74) is 2.34. The molecule has 3 rings (SSSR count). The van der Waals surface area contributed by atoms with E-state index < -0.39 is 0 Å². The van der Waals surface area contributed by atoms with Crippen LogP contribution in [0.25, 0.3) is 0 Å². The van der Waals surface area contributed by atoms with Gasteiger partial charge in [0, 0.05) is 19.6 Å². The topological polar surface area (TPSA) is 48.3 Å². The molecule has 2 fully saturated rings. The van der Waals surface area contributed by atoms with Crippen LogP contribution in [0.15, 0.2) is 18.2 Å². The van der Waals surface area contributed by atoms with Crippen LogP contribution in [-0.2, 0) is 6.54 Å². The molecule has 0 amide bonds. The third-order valence-corrected chi connectivity index (χ3v) is 4.64. The van der Waals surface area contributed by atoms with E-state index in [0.717, 1.165) is 6.54 Å². The van der Waals surface area contributed by atoms with E-state index >= 15 is 0 Å². The molecule has 1 aromatic rings. The van der Waals surface area contributed by atoms with E-state index in [-0.39, 0.29) is 12.4 Å². The van der Waals surface area contributed by atoms with Crippen molar-refractivity contribution in [3.8, 4) is 11.8 Å². The normalized spacial score (nSPS) is 24.8. The Morgan fingerprint density at radius 1 is 1.43 bits per heavy atom. The molecule has 0 aliphatic carbocycles. The quantitative estimate of drug-likeness (QED) is 0.930. The standard InChI is InChI=1S/C16H21N3O.ClH/c1-20-15-8-13(2-3-14(15)9-17)10-19-7-5-16(12-19)4-6-18-11-16;/h2-3,8,18H,4-7,10-12H2,1H3;1H. The number of nitrogens with one attached hydrogen (secondary N) is 1. The number of methoxy groups -OCH3 is 1. The molecule has 1 spiro atoms. The average molecular weight is 308 g/mol. The first-order valence-electron chi connectivity index (χ1n) is 7.25. The van der Waals surface area contributed by atoms with Crippen molar-refractivity contribution in [2.45, 2.75) is 19.4 Å². The zero-order valence-corrected chi connectivity index (χ0v) is 13.2. The lowest BCUT2D eigenvalue weighted by Gasteiger charge is -2.23. The zero-order valence-electron chi connectivity index (χ0n) is 12.4. The minimum atomic E-state index is 0.